The van der Waals surface area contributed by atoms with Crippen molar-refractivity contribution < 1.29 is 13.2 Å². The molecule has 3 nitrogen and oxygen atoms in total. The highest BCUT2D eigenvalue weighted by Crippen LogP contribution is 2.28. The second-order valence-corrected chi connectivity index (χ2v) is 6.86. The van der Waals surface area contributed by atoms with Gasteiger partial charge in [-0.15, -0.1) is 0 Å². The first-order chi connectivity index (χ1) is 7.98. The molecule has 17 heavy (non-hydrogen) atoms. The number of ketones is 1. The largest absolute Gasteiger partial charge is 0.295 e. The van der Waals surface area contributed by atoms with Crippen molar-refractivity contribution in [3.05, 3.63) is 35.4 Å². The van der Waals surface area contributed by atoms with Gasteiger partial charge in [0.1, 0.15) is 0 Å². The molecular weight excluding hydrogens is 236 g/mol. The van der Waals surface area contributed by atoms with Gasteiger partial charge in [-0.3, -0.25) is 4.79 Å². The monoisotopic (exact) mass is 252 g/mol. The van der Waals surface area contributed by atoms with E-state index < -0.39 is 9.84 Å². The third-order valence-electron chi connectivity index (χ3n) is 3.25. The van der Waals surface area contributed by atoms with E-state index in [4.69, 9.17) is 0 Å². The lowest BCUT2D eigenvalue weighted by atomic mass is 9.95. The maximum atomic E-state index is 11.6. The third kappa shape index (κ3) is 2.94. The van der Waals surface area contributed by atoms with Gasteiger partial charge in [0.15, 0.2) is 15.6 Å². The Balaban J connectivity index is 2.20. The first-order valence-electron chi connectivity index (χ1n) is 5.79. The van der Waals surface area contributed by atoms with Crippen molar-refractivity contribution in [2.45, 2.75) is 25.7 Å². The topological polar surface area (TPSA) is 51.2 Å². The van der Waals surface area contributed by atoms with Crippen LogP contribution in [-0.4, -0.2) is 25.7 Å². The zero-order chi connectivity index (χ0) is 12.5. The van der Waals surface area contributed by atoms with Crippen LogP contribution in [0, 0.1) is 0 Å². The van der Waals surface area contributed by atoms with Gasteiger partial charge in [-0.25, -0.2) is 8.42 Å². The molecule has 0 saturated carbocycles. The number of benzene rings is 1. The molecule has 0 aliphatic carbocycles. The van der Waals surface area contributed by atoms with Gasteiger partial charge in [0.05, 0.1) is 11.5 Å². The summed E-state index contributed by atoms with van der Waals surface area (Å²) in [5.74, 6) is 0.684. The number of hydrogen-bond donors (Lipinski definition) is 0. The van der Waals surface area contributed by atoms with Gasteiger partial charge in [0.2, 0.25) is 0 Å². The molecule has 0 aromatic heterocycles. The van der Waals surface area contributed by atoms with Crippen molar-refractivity contribution in [1.29, 1.82) is 0 Å². The first kappa shape index (κ1) is 12.3. The lowest BCUT2D eigenvalue weighted by Gasteiger charge is -2.22. The summed E-state index contributed by atoms with van der Waals surface area (Å²) in [5.41, 5.74) is 1.70. The Morgan fingerprint density at radius 1 is 1.24 bits per heavy atom. The Morgan fingerprint density at radius 3 is 2.41 bits per heavy atom. The maximum absolute atomic E-state index is 11.6. The van der Waals surface area contributed by atoms with E-state index in [1.165, 1.54) is 6.92 Å². The fourth-order valence-corrected chi connectivity index (χ4v) is 4.02. The molecule has 0 radical (unpaired) electrons. The number of carbonyl (C=O) groups is 1. The van der Waals surface area contributed by atoms with Crippen LogP contribution in [0.15, 0.2) is 24.3 Å². The number of hydrogen-bond acceptors (Lipinski definition) is 3. The van der Waals surface area contributed by atoms with E-state index in [1.54, 1.807) is 12.1 Å². The fourth-order valence-electron chi connectivity index (χ4n) is 2.28. The number of sulfone groups is 1. The summed E-state index contributed by atoms with van der Waals surface area (Å²) in [7, 11) is -2.87. The average molecular weight is 252 g/mol. The minimum atomic E-state index is -2.87. The van der Waals surface area contributed by atoms with Crippen LogP contribution in [-0.2, 0) is 9.84 Å². The number of carbonyl (C=O) groups excluding carboxylic acids is 1. The van der Waals surface area contributed by atoms with E-state index in [-0.39, 0.29) is 17.5 Å². The van der Waals surface area contributed by atoms with Crippen LogP contribution in [0.5, 0.6) is 0 Å². The fraction of sp³-hybridized carbons (Fsp3) is 0.462. The van der Waals surface area contributed by atoms with E-state index in [0.29, 0.717) is 11.3 Å². The third-order valence-corrected chi connectivity index (χ3v) is 5.07. The predicted octanol–water partition coefficient (Wildman–Crippen LogP) is 2.18. The van der Waals surface area contributed by atoms with Crippen molar-refractivity contribution in [2.24, 2.45) is 0 Å². The maximum Gasteiger partial charge on any atom is 0.159 e. The average Bonchev–Trinajstić information content (AvgIpc) is 2.28. The molecule has 1 aliphatic heterocycles. The molecule has 4 heteroatoms. The molecule has 0 amide bonds. The Labute approximate surface area is 102 Å². The van der Waals surface area contributed by atoms with Gasteiger partial charge in [-0.1, -0.05) is 24.3 Å². The number of Topliss-reactive ketones (excluding diaryl/α,β-unsaturated/α-hetero) is 1. The van der Waals surface area contributed by atoms with Crippen LogP contribution in [0.2, 0.25) is 0 Å². The highest BCUT2D eigenvalue weighted by molar-refractivity contribution is 7.91. The van der Waals surface area contributed by atoms with Gasteiger partial charge >= 0.3 is 0 Å². The second kappa shape index (κ2) is 4.61. The molecule has 1 saturated heterocycles. The lowest BCUT2D eigenvalue weighted by molar-refractivity contribution is 0.101. The summed E-state index contributed by atoms with van der Waals surface area (Å²) in [4.78, 5) is 11.1. The van der Waals surface area contributed by atoms with Crippen molar-refractivity contribution in [2.75, 3.05) is 11.5 Å². The molecule has 1 aliphatic rings. The van der Waals surface area contributed by atoms with E-state index in [1.807, 2.05) is 12.1 Å². The van der Waals surface area contributed by atoms with Crippen molar-refractivity contribution in [1.82, 2.24) is 0 Å². The first-order valence-corrected chi connectivity index (χ1v) is 7.61. The summed E-state index contributed by atoms with van der Waals surface area (Å²) in [6, 6.07) is 7.31. The molecule has 0 spiro atoms. The van der Waals surface area contributed by atoms with E-state index in [2.05, 4.69) is 0 Å². The molecule has 1 aromatic carbocycles. The van der Waals surface area contributed by atoms with Crippen LogP contribution in [0.4, 0.5) is 0 Å². The van der Waals surface area contributed by atoms with E-state index >= 15 is 0 Å². The quantitative estimate of drug-likeness (QED) is 0.758. The molecule has 2 rings (SSSR count). The van der Waals surface area contributed by atoms with Crippen LogP contribution < -0.4 is 0 Å². The van der Waals surface area contributed by atoms with Crippen LogP contribution in [0.3, 0.4) is 0 Å². The standard InChI is InChI=1S/C13H16O3S/c1-10(14)11-4-6-12(7-5-11)13-3-2-8-17(15,16)9-13/h4-7,13H,2-3,8-9H2,1H3. The Bertz CT molecular complexity index is 514. The summed E-state index contributed by atoms with van der Waals surface area (Å²) in [6.07, 6.45) is 1.65. The molecule has 1 heterocycles. The van der Waals surface area contributed by atoms with Gasteiger partial charge in [0, 0.05) is 5.56 Å². The normalized spacial score (nSPS) is 23.2. The minimum absolute atomic E-state index is 0.0350. The molecule has 1 unspecified atom stereocenters. The van der Waals surface area contributed by atoms with E-state index in [9.17, 15) is 13.2 Å². The minimum Gasteiger partial charge on any atom is -0.295 e. The summed E-state index contributed by atoms with van der Waals surface area (Å²) >= 11 is 0. The number of rotatable bonds is 2. The molecule has 1 atom stereocenters. The van der Waals surface area contributed by atoms with Crippen LogP contribution in [0.25, 0.3) is 0 Å². The molecule has 92 valence electrons. The summed E-state index contributed by atoms with van der Waals surface area (Å²) in [6.45, 7) is 1.53. The lowest BCUT2D eigenvalue weighted by Crippen LogP contribution is -2.23. The predicted molar refractivity (Wildman–Crippen MR) is 67.1 cm³/mol. The van der Waals surface area contributed by atoms with Gasteiger partial charge in [-0.2, -0.15) is 0 Å². The zero-order valence-electron chi connectivity index (χ0n) is 9.85. The smallest absolute Gasteiger partial charge is 0.159 e. The molecular formula is C13H16O3S. The summed E-state index contributed by atoms with van der Waals surface area (Å²) < 4.78 is 23.1. The highest BCUT2D eigenvalue weighted by atomic mass is 32.2. The SMILES string of the molecule is CC(=O)c1ccc(C2CCCS(=O)(=O)C2)cc1. The molecule has 0 bridgehead atoms. The van der Waals surface area contributed by atoms with Crippen molar-refractivity contribution >= 4 is 15.6 Å². The summed E-state index contributed by atoms with van der Waals surface area (Å²) in [5, 5.41) is 0. The molecule has 1 aromatic rings. The zero-order valence-corrected chi connectivity index (χ0v) is 10.7. The van der Waals surface area contributed by atoms with Crippen molar-refractivity contribution in [3.63, 3.8) is 0 Å². The van der Waals surface area contributed by atoms with Crippen LogP contribution in [0.1, 0.15) is 41.6 Å². The van der Waals surface area contributed by atoms with Crippen LogP contribution >= 0.6 is 0 Å². The van der Waals surface area contributed by atoms with Crippen molar-refractivity contribution in [3.8, 4) is 0 Å². The Kier molecular flexibility index (Phi) is 3.33. The van der Waals surface area contributed by atoms with Gasteiger partial charge < -0.3 is 0 Å². The molecule has 1 fully saturated rings. The Morgan fingerprint density at radius 2 is 1.88 bits per heavy atom. The molecule has 0 N–H and O–H groups in total. The Hall–Kier alpha value is -1.16. The highest BCUT2D eigenvalue weighted by Gasteiger charge is 2.25. The van der Waals surface area contributed by atoms with Gasteiger partial charge in [-0.05, 0) is 31.2 Å². The second-order valence-electron chi connectivity index (χ2n) is 4.63. The van der Waals surface area contributed by atoms with E-state index in [0.717, 1.165) is 18.4 Å². The van der Waals surface area contributed by atoms with Gasteiger partial charge in [0.25, 0.3) is 0 Å².